The lowest BCUT2D eigenvalue weighted by Gasteiger charge is -2.31. The molecule has 0 aromatic rings. The third-order valence-electron chi connectivity index (χ3n) is 7.77. The fourth-order valence-corrected chi connectivity index (χ4v) is 3.76. The summed E-state index contributed by atoms with van der Waals surface area (Å²) in [4.78, 5) is 36.9. The summed E-state index contributed by atoms with van der Waals surface area (Å²) in [5.74, 6) is -0.807. The van der Waals surface area contributed by atoms with Crippen LogP contribution in [-0.4, -0.2) is 60.4 Å². The Morgan fingerprint density at radius 3 is 1.23 bits per heavy atom. The Bertz CT molecular complexity index is 822. The Morgan fingerprint density at radius 1 is 0.525 bits per heavy atom. The molecule has 0 atom stereocenters. The number of nitrogens with one attached hydrogen (secondary N) is 2. The summed E-state index contributed by atoms with van der Waals surface area (Å²) in [6.45, 7) is 27.5. The van der Waals surface area contributed by atoms with Gasteiger partial charge in [-0.05, 0) is 85.5 Å². The van der Waals surface area contributed by atoms with Crippen LogP contribution >= 0.6 is 0 Å². The second kappa shape index (κ2) is 15.0. The zero-order chi connectivity index (χ0) is 31.6. The zero-order valence-electron chi connectivity index (χ0n) is 28.1. The highest BCUT2D eigenvalue weighted by Crippen LogP contribution is 2.31. The average Bonchev–Trinajstić information content (AvgIpc) is 2.76. The minimum absolute atomic E-state index is 0.0403. The Morgan fingerprint density at radius 2 is 0.875 bits per heavy atom. The SMILES string of the molecule is CC(C)(C)CCC(C)(C)C(=O)NCCC(C)(C)OCCC(C)(C)C(=O)NCCC(C)(C)OCCC(C)(C)C(=O)O. The van der Waals surface area contributed by atoms with Crippen LogP contribution in [-0.2, 0) is 23.9 Å². The summed E-state index contributed by atoms with van der Waals surface area (Å²) in [7, 11) is 0. The van der Waals surface area contributed by atoms with Crippen LogP contribution in [0, 0.1) is 21.7 Å². The molecule has 0 rings (SSSR count). The van der Waals surface area contributed by atoms with Crippen molar-refractivity contribution < 1.29 is 29.0 Å². The number of carbonyl (C=O) groups is 3. The van der Waals surface area contributed by atoms with E-state index in [-0.39, 0.29) is 17.2 Å². The average molecular weight is 571 g/mol. The monoisotopic (exact) mass is 570 g/mol. The minimum atomic E-state index is -0.839. The molecular formula is C32H62N2O6. The van der Waals surface area contributed by atoms with Crippen molar-refractivity contribution in [3.63, 3.8) is 0 Å². The normalized spacial score (nSPS) is 13.7. The fourth-order valence-electron chi connectivity index (χ4n) is 3.76. The molecule has 0 spiro atoms. The van der Waals surface area contributed by atoms with Gasteiger partial charge in [0.05, 0.1) is 16.6 Å². The number of rotatable bonds is 19. The number of carboxylic acids is 1. The smallest absolute Gasteiger partial charge is 0.309 e. The lowest BCUT2D eigenvalue weighted by atomic mass is 9.79. The molecular weight excluding hydrogens is 508 g/mol. The van der Waals surface area contributed by atoms with Gasteiger partial charge in [0.2, 0.25) is 11.8 Å². The van der Waals surface area contributed by atoms with Crippen LogP contribution in [0.2, 0.25) is 0 Å². The van der Waals surface area contributed by atoms with E-state index < -0.39 is 33.4 Å². The minimum Gasteiger partial charge on any atom is -0.481 e. The first kappa shape index (κ1) is 38.3. The second-order valence-electron chi connectivity index (χ2n) is 15.7. The molecule has 0 bridgehead atoms. The van der Waals surface area contributed by atoms with E-state index in [1.165, 1.54) is 0 Å². The van der Waals surface area contributed by atoms with Crippen molar-refractivity contribution in [2.24, 2.45) is 21.7 Å². The van der Waals surface area contributed by atoms with E-state index in [1.54, 1.807) is 13.8 Å². The summed E-state index contributed by atoms with van der Waals surface area (Å²) < 4.78 is 12.0. The molecule has 0 aliphatic heterocycles. The van der Waals surface area contributed by atoms with Gasteiger partial charge in [0, 0.05) is 37.1 Å². The summed E-state index contributed by atoms with van der Waals surface area (Å²) >= 11 is 0. The molecule has 0 aromatic carbocycles. The molecule has 0 heterocycles. The van der Waals surface area contributed by atoms with Gasteiger partial charge in [-0.1, -0.05) is 48.5 Å². The zero-order valence-corrected chi connectivity index (χ0v) is 28.1. The number of carboxylic acid groups (broad SMARTS) is 1. The maximum atomic E-state index is 12.9. The molecule has 3 N–H and O–H groups in total. The molecule has 0 aliphatic rings. The van der Waals surface area contributed by atoms with Crippen molar-refractivity contribution in [3.8, 4) is 0 Å². The number of ether oxygens (including phenoxy) is 2. The first-order chi connectivity index (χ1) is 17.8. The molecule has 40 heavy (non-hydrogen) atoms. The Balaban J connectivity index is 4.47. The molecule has 0 unspecified atom stereocenters. The van der Waals surface area contributed by atoms with Gasteiger partial charge in [0.15, 0.2) is 0 Å². The van der Waals surface area contributed by atoms with Crippen LogP contribution < -0.4 is 10.6 Å². The molecule has 8 heteroatoms. The lowest BCUT2D eigenvalue weighted by molar-refractivity contribution is -0.149. The standard InChI is InChI=1S/C32H62N2O6/c1-27(2,3)14-15-28(4,5)24(35)33-20-16-31(10,11)39-22-18-29(6,7)25(36)34-21-17-32(12,13)40-23-19-30(8,9)26(37)38/h14-23H2,1-13H3,(H,33,35)(H,34,36)(H,37,38). The number of hydrogen-bond acceptors (Lipinski definition) is 5. The van der Waals surface area contributed by atoms with Crippen molar-refractivity contribution in [2.45, 2.75) is 140 Å². The molecule has 0 saturated heterocycles. The van der Waals surface area contributed by atoms with Gasteiger partial charge in [-0.25, -0.2) is 0 Å². The number of aliphatic carboxylic acids is 1. The van der Waals surface area contributed by atoms with E-state index in [2.05, 4.69) is 31.4 Å². The molecule has 0 fully saturated rings. The van der Waals surface area contributed by atoms with E-state index >= 15 is 0 Å². The lowest BCUT2D eigenvalue weighted by Crippen LogP contribution is -2.42. The van der Waals surface area contributed by atoms with Gasteiger partial charge in [0.25, 0.3) is 0 Å². The maximum absolute atomic E-state index is 12.9. The molecule has 0 saturated carbocycles. The third-order valence-corrected chi connectivity index (χ3v) is 7.77. The van der Waals surface area contributed by atoms with Crippen LogP contribution in [0.25, 0.3) is 0 Å². The van der Waals surface area contributed by atoms with Crippen molar-refractivity contribution in [1.82, 2.24) is 10.6 Å². The first-order valence-electron chi connectivity index (χ1n) is 14.9. The van der Waals surface area contributed by atoms with Crippen LogP contribution in [0.4, 0.5) is 0 Å². The molecule has 0 radical (unpaired) electrons. The molecule has 0 aromatic heterocycles. The van der Waals surface area contributed by atoms with E-state index in [0.29, 0.717) is 52.0 Å². The Labute approximate surface area is 245 Å². The van der Waals surface area contributed by atoms with Gasteiger partial charge in [-0.3, -0.25) is 14.4 Å². The number of carbonyl (C=O) groups excluding carboxylic acids is 2. The van der Waals surface area contributed by atoms with Crippen molar-refractivity contribution >= 4 is 17.8 Å². The van der Waals surface area contributed by atoms with E-state index in [4.69, 9.17) is 9.47 Å². The van der Waals surface area contributed by atoms with Gasteiger partial charge < -0.3 is 25.2 Å². The second-order valence-corrected chi connectivity index (χ2v) is 15.7. The van der Waals surface area contributed by atoms with Gasteiger partial charge >= 0.3 is 5.97 Å². The molecule has 8 nitrogen and oxygen atoms in total. The van der Waals surface area contributed by atoms with Gasteiger partial charge in [-0.2, -0.15) is 0 Å². The topological polar surface area (TPSA) is 114 Å². The van der Waals surface area contributed by atoms with E-state index in [1.807, 2.05) is 55.4 Å². The highest BCUT2D eigenvalue weighted by atomic mass is 16.5. The van der Waals surface area contributed by atoms with Crippen LogP contribution in [0.1, 0.15) is 129 Å². The van der Waals surface area contributed by atoms with Gasteiger partial charge in [-0.15, -0.1) is 0 Å². The van der Waals surface area contributed by atoms with Crippen molar-refractivity contribution in [2.75, 3.05) is 26.3 Å². The fraction of sp³-hybridized carbons (Fsp3) is 0.906. The predicted molar refractivity (Wildman–Crippen MR) is 162 cm³/mol. The summed E-state index contributed by atoms with van der Waals surface area (Å²) in [5.41, 5.74) is -2.54. The molecule has 0 aliphatic carbocycles. The quantitative estimate of drug-likeness (QED) is 0.167. The van der Waals surface area contributed by atoms with Crippen LogP contribution in [0.15, 0.2) is 0 Å². The summed E-state index contributed by atoms with van der Waals surface area (Å²) in [6, 6.07) is 0. The highest BCUT2D eigenvalue weighted by molar-refractivity contribution is 5.82. The Hall–Kier alpha value is -1.67. The van der Waals surface area contributed by atoms with Crippen molar-refractivity contribution in [3.05, 3.63) is 0 Å². The van der Waals surface area contributed by atoms with Crippen LogP contribution in [0.3, 0.4) is 0 Å². The number of hydrogen-bond donors (Lipinski definition) is 3. The molecule has 236 valence electrons. The van der Waals surface area contributed by atoms with E-state index in [9.17, 15) is 19.5 Å². The summed E-state index contributed by atoms with van der Waals surface area (Å²) in [5, 5.41) is 15.3. The predicted octanol–water partition coefficient (Wildman–Crippen LogP) is 6.36. The Kier molecular flexibility index (Phi) is 14.4. The van der Waals surface area contributed by atoms with Crippen LogP contribution in [0.5, 0.6) is 0 Å². The highest BCUT2D eigenvalue weighted by Gasteiger charge is 2.32. The first-order valence-corrected chi connectivity index (χ1v) is 14.9. The number of amides is 2. The van der Waals surface area contributed by atoms with E-state index in [0.717, 1.165) is 12.8 Å². The maximum Gasteiger partial charge on any atom is 0.309 e. The van der Waals surface area contributed by atoms with Gasteiger partial charge in [0.1, 0.15) is 0 Å². The molecule has 2 amide bonds. The largest absolute Gasteiger partial charge is 0.481 e. The third kappa shape index (κ3) is 15.9. The van der Waals surface area contributed by atoms with Crippen molar-refractivity contribution in [1.29, 1.82) is 0 Å². The summed E-state index contributed by atoms with van der Waals surface area (Å²) in [6.07, 6.45) is 4.12.